The Labute approximate surface area is 101 Å². The summed E-state index contributed by atoms with van der Waals surface area (Å²) in [4.78, 5) is 0.0269. The first-order valence-electron chi connectivity index (χ1n) is 5.22. The van der Waals surface area contributed by atoms with Crippen LogP contribution in [0.4, 0.5) is 5.82 Å². The molecular weight excluding hydrogens is 244 g/mol. The van der Waals surface area contributed by atoms with Crippen LogP contribution in [0.25, 0.3) is 0 Å². The number of hydrogen-bond acceptors (Lipinski definition) is 5. The third-order valence-corrected chi connectivity index (χ3v) is 4.14. The lowest BCUT2D eigenvalue weighted by Crippen LogP contribution is -2.30. The van der Waals surface area contributed by atoms with E-state index in [2.05, 4.69) is 5.10 Å². The van der Waals surface area contributed by atoms with Crippen molar-refractivity contribution in [2.24, 2.45) is 7.05 Å². The first kappa shape index (κ1) is 13.9. The van der Waals surface area contributed by atoms with Crippen LogP contribution >= 0.6 is 0 Å². The molecule has 2 N–H and O–H groups in total. The molecular formula is C9H18N4O3S. The molecule has 0 aliphatic heterocycles. The van der Waals surface area contributed by atoms with Gasteiger partial charge in [-0.05, 0) is 6.92 Å². The van der Waals surface area contributed by atoms with Crippen LogP contribution in [-0.4, -0.2) is 49.3 Å². The van der Waals surface area contributed by atoms with Crippen LogP contribution in [-0.2, 0) is 21.8 Å². The number of aromatic nitrogens is 2. The first-order chi connectivity index (χ1) is 7.89. The lowest BCUT2D eigenvalue weighted by Gasteiger charge is -2.15. The predicted molar refractivity (Wildman–Crippen MR) is 63.9 cm³/mol. The minimum atomic E-state index is -3.58. The number of nitrogens with two attached hydrogens (primary N) is 1. The summed E-state index contributed by atoms with van der Waals surface area (Å²) >= 11 is 0. The van der Waals surface area contributed by atoms with Crippen LogP contribution in [0.1, 0.15) is 6.92 Å². The Hall–Kier alpha value is -1.12. The number of anilines is 1. The molecule has 0 unspecified atom stereocenters. The topological polar surface area (TPSA) is 90.5 Å². The molecule has 0 radical (unpaired) electrons. The van der Waals surface area contributed by atoms with Gasteiger partial charge in [-0.2, -0.15) is 9.40 Å². The van der Waals surface area contributed by atoms with Crippen molar-refractivity contribution in [3.8, 4) is 0 Å². The summed E-state index contributed by atoms with van der Waals surface area (Å²) in [5.74, 6) is 0.00996. The molecule has 1 heterocycles. The van der Waals surface area contributed by atoms with Gasteiger partial charge >= 0.3 is 0 Å². The molecule has 0 aromatic carbocycles. The van der Waals surface area contributed by atoms with Crippen molar-refractivity contribution in [2.75, 3.05) is 32.5 Å². The van der Waals surface area contributed by atoms with Gasteiger partial charge in [-0.15, -0.1) is 0 Å². The van der Waals surface area contributed by atoms with Crippen LogP contribution in [0, 0.1) is 0 Å². The van der Waals surface area contributed by atoms with Gasteiger partial charge in [-0.25, -0.2) is 8.42 Å². The van der Waals surface area contributed by atoms with E-state index >= 15 is 0 Å². The summed E-state index contributed by atoms with van der Waals surface area (Å²) in [5, 5.41) is 3.81. The van der Waals surface area contributed by atoms with Crippen molar-refractivity contribution >= 4 is 15.8 Å². The van der Waals surface area contributed by atoms with Gasteiger partial charge in [-0.1, -0.05) is 0 Å². The van der Waals surface area contributed by atoms with Crippen LogP contribution in [0.15, 0.2) is 11.1 Å². The monoisotopic (exact) mass is 262 g/mol. The zero-order valence-corrected chi connectivity index (χ0v) is 11.1. The molecule has 1 aromatic rings. The van der Waals surface area contributed by atoms with E-state index < -0.39 is 10.0 Å². The Morgan fingerprint density at radius 2 is 2.24 bits per heavy atom. The zero-order valence-electron chi connectivity index (χ0n) is 10.3. The molecule has 0 aliphatic carbocycles. The minimum absolute atomic E-state index is 0.00996. The van der Waals surface area contributed by atoms with E-state index in [4.69, 9.17) is 10.5 Å². The highest BCUT2D eigenvalue weighted by molar-refractivity contribution is 7.89. The highest BCUT2D eigenvalue weighted by Gasteiger charge is 2.25. The fraction of sp³-hybridized carbons (Fsp3) is 0.667. The normalized spacial score (nSPS) is 12.2. The average molecular weight is 262 g/mol. The van der Waals surface area contributed by atoms with Crippen molar-refractivity contribution in [1.29, 1.82) is 0 Å². The SMILES string of the molecule is CCOCCN(C)S(=O)(=O)c1cn(C)nc1N. The first-order valence-corrected chi connectivity index (χ1v) is 6.66. The number of nitrogens with zero attached hydrogens (tertiary/aromatic N) is 3. The molecule has 0 fully saturated rings. The van der Waals surface area contributed by atoms with E-state index in [1.54, 1.807) is 7.05 Å². The highest BCUT2D eigenvalue weighted by atomic mass is 32.2. The predicted octanol–water partition coefficient (Wildman–Crippen LogP) is -0.341. The highest BCUT2D eigenvalue weighted by Crippen LogP contribution is 2.19. The van der Waals surface area contributed by atoms with Crippen molar-refractivity contribution in [3.63, 3.8) is 0 Å². The second-order valence-corrected chi connectivity index (χ2v) is 5.59. The van der Waals surface area contributed by atoms with Crippen molar-refractivity contribution in [2.45, 2.75) is 11.8 Å². The molecule has 8 heteroatoms. The maximum Gasteiger partial charge on any atom is 0.248 e. The van der Waals surface area contributed by atoms with Gasteiger partial charge in [0.25, 0.3) is 0 Å². The Kier molecular flexibility index (Phi) is 4.49. The smallest absolute Gasteiger partial charge is 0.248 e. The summed E-state index contributed by atoms with van der Waals surface area (Å²) < 4.78 is 31.9. The lowest BCUT2D eigenvalue weighted by molar-refractivity contribution is 0.138. The lowest BCUT2D eigenvalue weighted by atomic mass is 10.7. The van der Waals surface area contributed by atoms with Gasteiger partial charge in [-0.3, -0.25) is 4.68 Å². The summed E-state index contributed by atoms with van der Waals surface area (Å²) in [6, 6.07) is 0. The van der Waals surface area contributed by atoms with E-state index in [1.807, 2.05) is 6.92 Å². The Bertz CT molecular complexity index is 469. The van der Waals surface area contributed by atoms with E-state index in [1.165, 1.54) is 22.2 Å². The molecule has 7 nitrogen and oxygen atoms in total. The van der Waals surface area contributed by atoms with Gasteiger partial charge in [0.15, 0.2) is 5.82 Å². The number of hydrogen-bond donors (Lipinski definition) is 1. The minimum Gasteiger partial charge on any atom is -0.381 e. The second-order valence-electron chi connectivity index (χ2n) is 3.58. The molecule has 0 atom stereocenters. The molecule has 1 rings (SSSR count). The summed E-state index contributed by atoms with van der Waals surface area (Å²) in [5.41, 5.74) is 5.55. The number of ether oxygens (including phenoxy) is 1. The van der Waals surface area contributed by atoms with Crippen LogP contribution < -0.4 is 5.73 Å². The molecule has 0 saturated carbocycles. The Morgan fingerprint density at radius 1 is 1.59 bits per heavy atom. The summed E-state index contributed by atoms with van der Waals surface area (Å²) in [7, 11) is -0.477. The van der Waals surface area contributed by atoms with E-state index in [9.17, 15) is 8.42 Å². The fourth-order valence-electron chi connectivity index (χ4n) is 1.31. The van der Waals surface area contributed by atoms with Crippen LogP contribution in [0.3, 0.4) is 0 Å². The van der Waals surface area contributed by atoms with Gasteiger partial charge in [0.1, 0.15) is 4.90 Å². The number of aryl methyl sites for hydroxylation is 1. The molecule has 98 valence electrons. The standard InChI is InChI=1S/C9H18N4O3S/c1-4-16-6-5-13(3)17(14,15)8-7-12(2)11-9(8)10/h7H,4-6H2,1-3H3,(H2,10,11). The van der Waals surface area contributed by atoms with Gasteiger partial charge < -0.3 is 10.5 Å². The van der Waals surface area contributed by atoms with Gasteiger partial charge in [0.2, 0.25) is 10.0 Å². The summed E-state index contributed by atoms with van der Waals surface area (Å²) in [6.45, 7) is 3.05. The average Bonchev–Trinajstić information content (AvgIpc) is 2.58. The Balaban J connectivity index is 2.84. The summed E-state index contributed by atoms with van der Waals surface area (Å²) in [6.07, 6.45) is 1.39. The molecule has 0 spiro atoms. The van der Waals surface area contributed by atoms with Crippen LogP contribution in [0.2, 0.25) is 0 Å². The number of sulfonamides is 1. The van der Waals surface area contributed by atoms with Crippen molar-refractivity contribution in [1.82, 2.24) is 14.1 Å². The maximum absolute atomic E-state index is 12.1. The Morgan fingerprint density at radius 3 is 2.71 bits per heavy atom. The number of rotatable bonds is 6. The van der Waals surface area contributed by atoms with E-state index in [0.717, 1.165) is 0 Å². The molecule has 0 bridgehead atoms. The van der Waals surface area contributed by atoms with Crippen molar-refractivity contribution in [3.05, 3.63) is 6.20 Å². The number of nitrogen functional groups attached to an aromatic ring is 1. The van der Waals surface area contributed by atoms with E-state index in [-0.39, 0.29) is 17.3 Å². The fourth-order valence-corrected chi connectivity index (χ4v) is 2.55. The molecule has 0 aliphatic rings. The molecule has 0 saturated heterocycles. The number of likely N-dealkylation sites (N-methyl/N-ethyl adjacent to an activating group) is 1. The maximum atomic E-state index is 12.1. The van der Waals surface area contributed by atoms with Gasteiger partial charge in [0.05, 0.1) is 6.61 Å². The third-order valence-electron chi connectivity index (χ3n) is 2.26. The molecule has 1 aromatic heterocycles. The van der Waals surface area contributed by atoms with Gasteiger partial charge in [0, 0.05) is 33.4 Å². The molecule has 0 amide bonds. The quantitative estimate of drug-likeness (QED) is 0.708. The van der Waals surface area contributed by atoms with E-state index in [0.29, 0.717) is 13.2 Å². The third kappa shape index (κ3) is 3.18. The largest absolute Gasteiger partial charge is 0.381 e. The van der Waals surface area contributed by atoms with Crippen molar-refractivity contribution < 1.29 is 13.2 Å². The molecule has 17 heavy (non-hydrogen) atoms. The van der Waals surface area contributed by atoms with Crippen LogP contribution in [0.5, 0.6) is 0 Å². The zero-order chi connectivity index (χ0) is 13.1. The second kappa shape index (κ2) is 5.48.